The van der Waals surface area contributed by atoms with Crippen molar-refractivity contribution in [1.82, 2.24) is 9.55 Å². The van der Waals surface area contributed by atoms with Gasteiger partial charge in [0.05, 0.1) is 12.3 Å². The van der Waals surface area contributed by atoms with Crippen LogP contribution in [0.4, 0.5) is 5.69 Å². The fourth-order valence-corrected chi connectivity index (χ4v) is 1.99. The van der Waals surface area contributed by atoms with Gasteiger partial charge in [-0.15, -0.1) is 0 Å². The quantitative estimate of drug-likeness (QED) is 0.575. The standard InChI is InChI=1S/C11H15N3O5/c1-5-6(12-2)3-14(11(18)13-5)10-9(17)8(16)7(4-15)19-10/h3,7-10,15-17H,2,4H2,1H3. The Balaban J connectivity index is 2.43. The summed E-state index contributed by atoms with van der Waals surface area (Å²) in [6.07, 6.45) is -3.33. The highest BCUT2D eigenvalue weighted by molar-refractivity contribution is 5.46. The first-order valence-corrected chi connectivity index (χ1v) is 5.68. The summed E-state index contributed by atoms with van der Waals surface area (Å²) in [6, 6.07) is 0. The normalized spacial score (nSPS) is 30.5. The maximum atomic E-state index is 11.8. The maximum Gasteiger partial charge on any atom is 0.350 e. The van der Waals surface area contributed by atoms with Crippen LogP contribution in [0.1, 0.15) is 11.9 Å². The maximum absolute atomic E-state index is 11.8. The van der Waals surface area contributed by atoms with E-state index in [4.69, 9.17) is 9.84 Å². The van der Waals surface area contributed by atoms with Gasteiger partial charge in [-0.25, -0.2) is 4.79 Å². The molecule has 4 atom stereocenters. The van der Waals surface area contributed by atoms with Gasteiger partial charge in [-0.3, -0.25) is 9.56 Å². The molecule has 1 aromatic rings. The van der Waals surface area contributed by atoms with Gasteiger partial charge in [-0.1, -0.05) is 0 Å². The Bertz CT molecular complexity index is 544. The Hall–Kier alpha value is -1.61. The minimum atomic E-state index is -1.34. The molecule has 1 aliphatic heterocycles. The average molecular weight is 269 g/mol. The van der Waals surface area contributed by atoms with Gasteiger partial charge in [0, 0.05) is 6.20 Å². The van der Waals surface area contributed by atoms with Gasteiger partial charge in [0.1, 0.15) is 24.0 Å². The second-order valence-corrected chi connectivity index (χ2v) is 4.29. The highest BCUT2D eigenvalue weighted by Crippen LogP contribution is 2.29. The van der Waals surface area contributed by atoms with Crippen LogP contribution in [0.5, 0.6) is 0 Å². The monoisotopic (exact) mass is 269 g/mol. The lowest BCUT2D eigenvalue weighted by Gasteiger charge is -2.17. The Labute approximate surface area is 108 Å². The summed E-state index contributed by atoms with van der Waals surface area (Å²) in [5.41, 5.74) is 0.139. The number of aliphatic hydroxyl groups is 3. The third kappa shape index (κ3) is 2.30. The van der Waals surface area contributed by atoms with Crippen molar-refractivity contribution in [2.45, 2.75) is 31.5 Å². The molecule has 0 amide bonds. The Kier molecular flexibility index (Phi) is 3.76. The van der Waals surface area contributed by atoms with Crippen LogP contribution in [-0.2, 0) is 4.74 Å². The fourth-order valence-electron chi connectivity index (χ4n) is 1.99. The molecule has 0 saturated carbocycles. The zero-order valence-electron chi connectivity index (χ0n) is 10.3. The summed E-state index contributed by atoms with van der Waals surface area (Å²) in [5, 5.41) is 28.5. The second-order valence-electron chi connectivity index (χ2n) is 4.29. The molecule has 8 nitrogen and oxygen atoms in total. The smallest absolute Gasteiger partial charge is 0.350 e. The van der Waals surface area contributed by atoms with Crippen molar-refractivity contribution in [2.75, 3.05) is 6.61 Å². The number of aromatic nitrogens is 2. The number of ether oxygens (including phenoxy) is 1. The summed E-state index contributed by atoms with van der Waals surface area (Å²) >= 11 is 0. The zero-order chi connectivity index (χ0) is 14.2. The minimum Gasteiger partial charge on any atom is -0.394 e. The predicted molar refractivity (Wildman–Crippen MR) is 65.5 cm³/mol. The first kappa shape index (κ1) is 13.8. The second kappa shape index (κ2) is 5.17. The van der Waals surface area contributed by atoms with E-state index < -0.39 is 36.8 Å². The van der Waals surface area contributed by atoms with Crippen LogP contribution in [0.15, 0.2) is 16.0 Å². The SMILES string of the molecule is C=Nc1cn(C2OC(CO)C(O)C2O)c(=O)nc1C. The van der Waals surface area contributed by atoms with Crippen LogP contribution in [0, 0.1) is 6.92 Å². The molecule has 0 spiro atoms. The molecule has 2 heterocycles. The third-order valence-electron chi connectivity index (χ3n) is 3.08. The fraction of sp³-hybridized carbons (Fsp3) is 0.545. The van der Waals surface area contributed by atoms with Gasteiger partial charge in [0.25, 0.3) is 0 Å². The summed E-state index contributed by atoms with van der Waals surface area (Å²) in [6.45, 7) is 4.50. The van der Waals surface area contributed by atoms with Crippen molar-refractivity contribution >= 4 is 12.4 Å². The number of hydrogen-bond acceptors (Lipinski definition) is 7. The number of rotatable bonds is 3. The van der Waals surface area contributed by atoms with Crippen LogP contribution in [0.2, 0.25) is 0 Å². The van der Waals surface area contributed by atoms with Gasteiger partial charge >= 0.3 is 5.69 Å². The molecule has 1 saturated heterocycles. The van der Waals surface area contributed by atoms with Gasteiger partial charge < -0.3 is 20.1 Å². The van der Waals surface area contributed by atoms with Crippen molar-refractivity contribution in [3.8, 4) is 0 Å². The molecule has 1 fully saturated rings. The van der Waals surface area contributed by atoms with Crippen molar-refractivity contribution in [3.05, 3.63) is 22.4 Å². The Morgan fingerprint density at radius 2 is 2.21 bits per heavy atom. The van der Waals surface area contributed by atoms with Crippen LogP contribution < -0.4 is 5.69 Å². The van der Waals surface area contributed by atoms with Gasteiger partial charge in [0.15, 0.2) is 6.23 Å². The summed E-state index contributed by atoms with van der Waals surface area (Å²) in [5.74, 6) is 0. The first-order valence-electron chi connectivity index (χ1n) is 5.68. The van der Waals surface area contributed by atoms with Crippen molar-refractivity contribution in [3.63, 3.8) is 0 Å². The molecule has 3 N–H and O–H groups in total. The van der Waals surface area contributed by atoms with E-state index in [2.05, 4.69) is 16.7 Å². The van der Waals surface area contributed by atoms with Crippen LogP contribution in [-0.4, -0.2) is 56.5 Å². The zero-order valence-corrected chi connectivity index (χ0v) is 10.3. The number of aliphatic imine (C=N–C) groups is 1. The van der Waals surface area contributed by atoms with E-state index in [1.165, 1.54) is 6.20 Å². The lowest BCUT2D eigenvalue weighted by Crippen LogP contribution is -2.36. The van der Waals surface area contributed by atoms with E-state index in [1.807, 2.05) is 0 Å². The topological polar surface area (TPSA) is 117 Å². The number of hydrogen-bond donors (Lipinski definition) is 3. The molecular formula is C11H15N3O5. The highest BCUT2D eigenvalue weighted by atomic mass is 16.6. The minimum absolute atomic E-state index is 0.373. The molecule has 1 aliphatic rings. The summed E-state index contributed by atoms with van der Waals surface area (Å²) in [7, 11) is 0. The van der Waals surface area contributed by atoms with Gasteiger partial charge in [-0.2, -0.15) is 4.98 Å². The molecule has 19 heavy (non-hydrogen) atoms. The molecule has 0 aromatic carbocycles. The Morgan fingerprint density at radius 1 is 1.53 bits per heavy atom. The molecule has 2 rings (SSSR count). The number of aliphatic hydroxyl groups excluding tert-OH is 3. The van der Waals surface area contributed by atoms with E-state index >= 15 is 0 Å². The number of nitrogens with zero attached hydrogens (tertiary/aromatic N) is 3. The molecule has 4 unspecified atom stereocenters. The molecular weight excluding hydrogens is 254 g/mol. The van der Waals surface area contributed by atoms with Crippen LogP contribution in [0.25, 0.3) is 0 Å². The van der Waals surface area contributed by atoms with E-state index in [-0.39, 0.29) is 0 Å². The van der Waals surface area contributed by atoms with Gasteiger partial charge in [0.2, 0.25) is 0 Å². The highest BCUT2D eigenvalue weighted by Gasteiger charge is 2.43. The van der Waals surface area contributed by atoms with Crippen molar-refractivity contribution < 1.29 is 20.1 Å². The lowest BCUT2D eigenvalue weighted by molar-refractivity contribution is -0.0549. The van der Waals surface area contributed by atoms with E-state index in [0.29, 0.717) is 11.4 Å². The summed E-state index contributed by atoms with van der Waals surface area (Å²) in [4.78, 5) is 19.2. The van der Waals surface area contributed by atoms with E-state index in [9.17, 15) is 15.0 Å². The van der Waals surface area contributed by atoms with Crippen LogP contribution >= 0.6 is 0 Å². The first-order chi connectivity index (χ1) is 8.99. The molecule has 8 heteroatoms. The predicted octanol–water partition coefficient (Wildman–Crippen LogP) is -1.50. The largest absolute Gasteiger partial charge is 0.394 e. The molecule has 1 aromatic heterocycles. The Morgan fingerprint density at radius 3 is 2.74 bits per heavy atom. The van der Waals surface area contributed by atoms with Crippen LogP contribution in [0.3, 0.4) is 0 Å². The van der Waals surface area contributed by atoms with E-state index in [0.717, 1.165) is 4.57 Å². The molecule has 0 aliphatic carbocycles. The van der Waals surface area contributed by atoms with Crippen molar-refractivity contribution in [1.29, 1.82) is 0 Å². The van der Waals surface area contributed by atoms with Gasteiger partial charge in [-0.05, 0) is 13.6 Å². The molecule has 0 bridgehead atoms. The lowest BCUT2D eigenvalue weighted by atomic mass is 10.1. The molecule has 104 valence electrons. The third-order valence-corrected chi connectivity index (χ3v) is 3.08. The van der Waals surface area contributed by atoms with Crippen molar-refractivity contribution in [2.24, 2.45) is 4.99 Å². The summed E-state index contributed by atoms with van der Waals surface area (Å²) < 4.78 is 6.28. The molecule has 0 radical (unpaired) electrons. The number of aryl methyl sites for hydroxylation is 1. The average Bonchev–Trinajstić information content (AvgIpc) is 2.67. The van der Waals surface area contributed by atoms with E-state index in [1.54, 1.807) is 6.92 Å².